The van der Waals surface area contributed by atoms with Crippen molar-refractivity contribution in [1.29, 1.82) is 0 Å². The number of carbonyl (C=O) groups excluding carboxylic acids is 1. The summed E-state index contributed by atoms with van der Waals surface area (Å²) in [6.07, 6.45) is 3.83. The number of hydrogen-bond acceptors (Lipinski definition) is 4. The van der Waals surface area contributed by atoms with Crippen molar-refractivity contribution in [2.24, 2.45) is 11.8 Å². The van der Waals surface area contributed by atoms with Crippen LogP contribution in [0.3, 0.4) is 0 Å². The van der Waals surface area contributed by atoms with Gasteiger partial charge in [-0.05, 0) is 25.7 Å². The fourth-order valence-electron chi connectivity index (χ4n) is 2.49. The first-order valence-corrected chi connectivity index (χ1v) is 7.24. The van der Waals surface area contributed by atoms with Crippen molar-refractivity contribution >= 4 is 11.9 Å². The van der Waals surface area contributed by atoms with E-state index < -0.39 is 11.9 Å². The number of carboxylic acids is 1. The molecule has 0 aromatic carbocycles. The molecule has 1 aliphatic carbocycles. The maximum absolute atomic E-state index is 11.9. The quantitative estimate of drug-likeness (QED) is 0.587. The van der Waals surface area contributed by atoms with Gasteiger partial charge in [0.15, 0.2) is 0 Å². The fraction of sp³-hybridized carbons (Fsp3) is 0.857. The Morgan fingerprint density at radius 2 is 1.90 bits per heavy atom. The van der Waals surface area contributed by atoms with E-state index in [-0.39, 0.29) is 11.8 Å². The highest BCUT2D eigenvalue weighted by atomic mass is 16.5. The van der Waals surface area contributed by atoms with Crippen LogP contribution in [0.4, 0.5) is 0 Å². The molecule has 0 bridgehead atoms. The standard InChI is InChI=1S/C14H25NO5/c1-19-9-10-20-8-3-2-7-15-13(16)11-5-4-6-12(11)14(17)18/h11-12H,2-10H2,1H3,(H,15,16)(H,17,18)/t11-,12+/m1/s1. The maximum Gasteiger partial charge on any atom is 0.307 e. The van der Waals surface area contributed by atoms with Gasteiger partial charge in [0.2, 0.25) is 5.91 Å². The van der Waals surface area contributed by atoms with Gasteiger partial charge in [-0.2, -0.15) is 0 Å². The molecule has 20 heavy (non-hydrogen) atoms. The third-order valence-electron chi connectivity index (χ3n) is 3.62. The predicted molar refractivity (Wildman–Crippen MR) is 73.4 cm³/mol. The van der Waals surface area contributed by atoms with E-state index in [1.165, 1.54) is 0 Å². The Bertz CT molecular complexity index is 308. The van der Waals surface area contributed by atoms with Gasteiger partial charge in [0, 0.05) is 20.3 Å². The number of hydrogen-bond donors (Lipinski definition) is 2. The van der Waals surface area contributed by atoms with Gasteiger partial charge in [0.1, 0.15) is 0 Å². The van der Waals surface area contributed by atoms with Gasteiger partial charge in [-0.25, -0.2) is 0 Å². The number of aliphatic carboxylic acids is 1. The number of rotatable bonds is 10. The molecule has 1 aliphatic rings. The molecule has 2 N–H and O–H groups in total. The van der Waals surface area contributed by atoms with Crippen molar-refractivity contribution in [2.75, 3.05) is 33.5 Å². The monoisotopic (exact) mass is 287 g/mol. The van der Waals surface area contributed by atoms with E-state index in [9.17, 15) is 9.59 Å². The van der Waals surface area contributed by atoms with Gasteiger partial charge < -0.3 is 19.9 Å². The van der Waals surface area contributed by atoms with Gasteiger partial charge in [-0.1, -0.05) is 6.42 Å². The predicted octanol–water partition coefficient (Wildman–Crippen LogP) is 1.05. The van der Waals surface area contributed by atoms with E-state index in [0.29, 0.717) is 39.2 Å². The third kappa shape index (κ3) is 5.88. The highest BCUT2D eigenvalue weighted by Crippen LogP contribution is 2.31. The molecule has 1 amide bonds. The Morgan fingerprint density at radius 1 is 1.15 bits per heavy atom. The number of nitrogens with one attached hydrogen (secondary N) is 1. The largest absolute Gasteiger partial charge is 0.481 e. The summed E-state index contributed by atoms with van der Waals surface area (Å²) in [5, 5.41) is 11.9. The number of amides is 1. The van der Waals surface area contributed by atoms with Crippen LogP contribution in [0.1, 0.15) is 32.1 Å². The molecule has 6 nitrogen and oxygen atoms in total. The first kappa shape index (κ1) is 16.9. The third-order valence-corrected chi connectivity index (χ3v) is 3.62. The summed E-state index contributed by atoms with van der Waals surface area (Å²) in [6.45, 7) is 2.41. The maximum atomic E-state index is 11.9. The van der Waals surface area contributed by atoms with Crippen LogP contribution in [0.25, 0.3) is 0 Å². The van der Waals surface area contributed by atoms with E-state index in [4.69, 9.17) is 14.6 Å². The summed E-state index contributed by atoms with van der Waals surface area (Å²) in [7, 11) is 1.63. The molecule has 0 spiro atoms. The Balaban J connectivity index is 2.07. The number of carbonyl (C=O) groups is 2. The van der Waals surface area contributed by atoms with E-state index in [1.807, 2.05) is 0 Å². The van der Waals surface area contributed by atoms with Crippen molar-refractivity contribution in [3.05, 3.63) is 0 Å². The lowest BCUT2D eigenvalue weighted by Crippen LogP contribution is -2.35. The Hall–Kier alpha value is -1.14. The van der Waals surface area contributed by atoms with Gasteiger partial charge >= 0.3 is 5.97 Å². The Labute approximate surface area is 119 Å². The molecule has 0 aromatic rings. The van der Waals surface area contributed by atoms with Crippen molar-refractivity contribution in [1.82, 2.24) is 5.32 Å². The lowest BCUT2D eigenvalue weighted by atomic mass is 9.95. The van der Waals surface area contributed by atoms with E-state index >= 15 is 0 Å². The smallest absolute Gasteiger partial charge is 0.307 e. The average Bonchev–Trinajstić information content (AvgIpc) is 2.91. The average molecular weight is 287 g/mol. The Kier molecular flexibility index (Phi) is 8.22. The lowest BCUT2D eigenvalue weighted by Gasteiger charge is -2.15. The van der Waals surface area contributed by atoms with E-state index in [0.717, 1.165) is 19.3 Å². The van der Waals surface area contributed by atoms with Gasteiger partial charge in [0.25, 0.3) is 0 Å². The molecule has 0 aromatic heterocycles. The summed E-state index contributed by atoms with van der Waals surface area (Å²) >= 11 is 0. The van der Waals surface area contributed by atoms with E-state index in [1.54, 1.807) is 7.11 Å². The summed E-state index contributed by atoms with van der Waals surface area (Å²) < 4.78 is 10.2. The van der Waals surface area contributed by atoms with Crippen LogP contribution in [0.5, 0.6) is 0 Å². The summed E-state index contributed by atoms with van der Waals surface area (Å²) in [6, 6.07) is 0. The molecule has 6 heteroatoms. The molecule has 0 unspecified atom stereocenters. The molecular weight excluding hydrogens is 262 g/mol. The minimum Gasteiger partial charge on any atom is -0.481 e. The molecular formula is C14H25NO5. The van der Waals surface area contributed by atoms with Gasteiger partial charge in [-0.3, -0.25) is 9.59 Å². The summed E-state index contributed by atoms with van der Waals surface area (Å²) in [5.74, 6) is -1.83. The highest BCUT2D eigenvalue weighted by Gasteiger charge is 2.37. The van der Waals surface area contributed by atoms with E-state index in [2.05, 4.69) is 5.32 Å². The summed E-state index contributed by atoms with van der Waals surface area (Å²) in [5.41, 5.74) is 0. The van der Waals surface area contributed by atoms with Crippen LogP contribution < -0.4 is 5.32 Å². The van der Waals surface area contributed by atoms with Crippen LogP contribution >= 0.6 is 0 Å². The second-order valence-corrected chi connectivity index (χ2v) is 5.09. The van der Waals surface area contributed by atoms with Crippen LogP contribution in [0.15, 0.2) is 0 Å². The fourth-order valence-corrected chi connectivity index (χ4v) is 2.49. The molecule has 116 valence electrons. The molecule has 0 aliphatic heterocycles. The molecule has 1 rings (SSSR count). The van der Waals surface area contributed by atoms with Gasteiger partial charge in [0.05, 0.1) is 25.0 Å². The first-order chi connectivity index (χ1) is 9.66. The number of carboxylic acid groups (broad SMARTS) is 1. The zero-order chi connectivity index (χ0) is 14.8. The van der Waals surface area contributed by atoms with Crippen molar-refractivity contribution in [3.63, 3.8) is 0 Å². The summed E-state index contributed by atoms with van der Waals surface area (Å²) in [4.78, 5) is 22.9. The molecule has 0 heterocycles. The first-order valence-electron chi connectivity index (χ1n) is 7.24. The van der Waals surface area contributed by atoms with Crippen LogP contribution in [-0.2, 0) is 19.1 Å². The minimum atomic E-state index is -0.853. The van der Waals surface area contributed by atoms with Crippen molar-refractivity contribution in [3.8, 4) is 0 Å². The van der Waals surface area contributed by atoms with Crippen molar-refractivity contribution < 1.29 is 24.2 Å². The van der Waals surface area contributed by atoms with Gasteiger partial charge in [-0.15, -0.1) is 0 Å². The zero-order valence-electron chi connectivity index (χ0n) is 12.1. The molecule has 2 atom stereocenters. The van der Waals surface area contributed by atoms with Crippen LogP contribution in [-0.4, -0.2) is 50.5 Å². The number of unbranched alkanes of at least 4 members (excludes halogenated alkanes) is 1. The topological polar surface area (TPSA) is 84.9 Å². The number of methoxy groups -OCH3 is 1. The molecule has 1 fully saturated rings. The SMILES string of the molecule is COCCOCCCCNC(=O)[C@@H]1CCC[C@@H]1C(=O)O. The van der Waals surface area contributed by atoms with Crippen molar-refractivity contribution in [2.45, 2.75) is 32.1 Å². The zero-order valence-corrected chi connectivity index (χ0v) is 12.1. The molecule has 0 saturated heterocycles. The Morgan fingerprint density at radius 3 is 2.60 bits per heavy atom. The lowest BCUT2D eigenvalue weighted by molar-refractivity contribution is -0.146. The highest BCUT2D eigenvalue weighted by molar-refractivity contribution is 5.85. The normalized spacial score (nSPS) is 21.9. The molecule has 1 saturated carbocycles. The number of ether oxygens (including phenoxy) is 2. The molecule has 0 radical (unpaired) electrons. The second kappa shape index (κ2) is 9.72. The van der Waals surface area contributed by atoms with Crippen LogP contribution in [0, 0.1) is 11.8 Å². The van der Waals surface area contributed by atoms with Crippen LogP contribution in [0.2, 0.25) is 0 Å². The minimum absolute atomic E-state index is 0.116. The second-order valence-electron chi connectivity index (χ2n) is 5.09.